The van der Waals surface area contributed by atoms with Crippen LogP contribution in [0.5, 0.6) is 5.75 Å². The van der Waals surface area contributed by atoms with Crippen LogP contribution in [0.15, 0.2) is 36.9 Å². The van der Waals surface area contributed by atoms with E-state index >= 15 is 0 Å². The van der Waals surface area contributed by atoms with Crippen LogP contribution >= 0.6 is 11.6 Å². The molecule has 17 heavy (non-hydrogen) atoms. The lowest BCUT2D eigenvalue weighted by Crippen LogP contribution is -2.07. The molecule has 4 nitrogen and oxygen atoms in total. The molecule has 0 amide bonds. The zero-order valence-electron chi connectivity index (χ0n) is 9.34. The minimum atomic E-state index is 0.481. The SMILES string of the molecule is NCc1ccc(OCCn2ccnc2)c(Cl)c1. The van der Waals surface area contributed by atoms with Crippen LogP contribution < -0.4 is 10.5 Å². The molecule has 0 aliphatic carbocycles. The number of nitrogens with zero attached hydrogens (tertiary/aromatic N) is 2. The van der Waals surface area contributed by atoms with Crippen molar-refractivity contribution in [2.24, 2.45) is 5.73 Å². The van der Waals surface area contributed by atoms with Gasteiger partial charge in [0.05, 0.1) is 17.9 Å². The van der Waals surface area contributed by atoms with Gasteiger partial charge in [0, 0.05) is 18.9 Å². The Bertz CT molecular complexity index is 471. The number of nitrogens with two attached hydrogens (primary N) is 1. The number of imidazole rings is 1. The minimum absolute atomic E-state index is 0.481. The summed E-state index contributed by atoms with van der Waals surface area (Å²) in [5.74, 6) is 0.684. The predicted molar refractivity (Wildman–Crippen MR) is 67.1 cm³/mol. The third-order valence-corrected chi connectivity index (χ3v) is 2.69. The molecule has 0 unspecified atom stereocenters. The number of hydrogen-bond acceptors (Lipinski definition) is 3. The average Bonchev–Trinajstić information content (AvgIpc) is 2.84. The van der Waals surface area contributed by atoms with Crippen LogP contribution in [0.25, 0.3) is 0 Å². The van der Waals surface area contributed by atoms with E-state index in [0.29, 0.717) is 23.9 Å². The standard InChI is InChI=1S/C12H14ClN3O/c13-11-7-10(8-14)1-2-12(11)17-6-5-16-4-3-15-9-16/h1-4,7,9H,5-6,8,14H2. The molecule has 0 bridgehead atoms. The molecule has 2 aromatic rings. The molecule has 0 saturated carbocycles. The summed E-state index contributed by atoms with van der Waals surface area (Å²) in [6, 6.07) is 5.59. The van der Waals surface area contributed by atoms with Crippen LogP contribution in [-0.4, -0.2) is 16.2 Å². The Morgan fingerprint density at radius 3 is 2.94 bits per heavy atom. The molecule has 1 heterocycles. The molecular formula is C12H14ClN3O. The van der Waals surface area contributed by atoms with Crippen molar-refractivity contribution < 1.29 is 4.74 Å². The van der Waals surface area contributed by atoms with Gasteiger partial charge in [0.1, 0.15) is 12.4 Å². The van der Waals surface area contributed by atoms with Crippen molar-refractivity contribution in [1.82, 2.24) is 9.55 Å². The molecule has 0 aliphatic heterocycles. The van der Waals surface area contributed by atoms with E-state index in [1.54, 1.807) is 12.5 Å². The highest BCUT2D eigenvalue weighted by molar-refractivity contribution is 6.32. The molecule has 0 aliphatic rings. The van der Waals surface area contributed by atoms with E-state index in [1.165, 1.54) is 0 Å². The first-order chi connectivity index (χ1) is 8.29. The second kappa shape index (κ2) is 5.70. The number of halogens is 1. The fourth-order valence-electron chi connectivity index (χ4n) is 1.47. The summed E-state index contributed by atoms with van der Waals surface area (Å²) in [6.45, 7) is 1.78. The van der Waals surface area contributed by atoms with Crippen molar-refractivity contribution in [1.29, 1.82) is 0 Å². The van der Waals surface area contributed by atoms with Crippen molar-refractivity contribution in [3.63, 3.8) is 0 Å². The number of rotatable bonds is 5. The lowest BCUT2D eigenvalue weighted by molar-refractivity contribution is 0.298. The smallest absolute Gasteiger partial charge is 0.137 e. The van der Waals surface area contributed by atoms with Crippen molar-refractivity contribution in [3.05, 3.63) is 47.5 Å². The van der Waals surface area contributed by atoms with E-state index in [1.807, 2.05) is 29.0 Å². The van der Waals surface area contributed by atoms with Gasteiger partial charge in [-0.1, -0.05) is 17.7 Å². The Labute approximate surface area is 105 Å². The summed E-state index contributed by atoms with van der Waals surface area (Å²) in [6.07, 6.45) is 5.38. The monoisotopic (exact) mass is 251 g/mol. The molecule has 2 rings (SSSR count). The van der Waals surface area contributed by atoms with Crippen molar-refractivity contribution in [2.45, 2.75) is 13.1 Å². The van der Waals surface area contributed by atoms with Crippen LogP contribution in [0.1, 0.15) is 5.56 Å². The van der Waals surface area contributed by atoms with E-state index in [2.05, 4.69) is 4.98 Å². The van der Waals surface area contributed by atoms with Crippen LogP contribution in [0.2, 0.25) is 5.02 Å². The lowest BCUT2D eigenvalue weighted by atomic mass is 10.2. The second-order valence-electron chi connectivity index (χ2n) is 3.62. The number of benzene rings is 1. The lowest BCUT2D eigenvalue weighted by Gasteiger charge is -2.09. The molecule has 1 aromatic carbocycles. The highest BCUT2D eigenvalue weighted by Crippen LogP contribution is 2.25. The van der Waals surface area contributed by atoms with Gasteiger partial charge in [0.2, 0.25) is 0 Å². The van der Waals surface area contributed by atoms with Gasteiger partial charge in [-0.2, -0.15) is 0 Å². The summed E-state index contributed by atoms with van der Waals surface area (Å²) in [7, 11) is 0. The Morgan fingerprint density at radius 2 is 2.29 bits per heavy atom. The van der Waals surface area contributed by atoms with Gasteiger partial charge in [-0.15, -0.1) is 0 Å². The summed E-state index contributed by atoms with van der Waals surface area (Å²) in [4.78, 5) is 3.96. The van der Waals surface area contributed by atoms with E-state index in [0.717, 1.165) is 12.1 Å². The first-order valence-corrected chi connectivity index (χ1v) is 5.74. The van der Waals surface area contributed by atoms with Crippen molar-refractivity contribution in [3.8, 4) is 5.75 Å². The first kappa shape index (κ1) is 12.0. The average molecular weight is 252 g/mol. The maximum Gasteiger partial charge on any atom is 0.137 e. The van der Waals surface area contributed by atoms with Gasteiger partial charge in [0.25, 0.3) is 0 Å². The molecule has 90 valence electrons. The Morgan fingerprint density at radius 1 is 1.41 bits per heavy atom. The van der Waals surface area contributed by atoms with Crippen LogP contribution in [0.4, 0.5) is 0 Å². The molecule has 1 aromatic heterocycles. The molecule has 0 atom stereocenters. The Hall–Kier alpha value is -1.52. The summed E-state index contributed by atoms with van der Waals surface area (Å²) in [5, 5.41) is 0.596. The van der Waals surface area contributed by atoms with Gasteiger partial charge >= 0.3 is 0 Å². The highest BCUT2D eigenvalue weighted by Gasteiger charge is 2.02. The number of ether oxygens (including phenoxy) is 1. The van der Waals surface area contributed by atoms with Crippen LogP contribution in [-0.2, 0) is 13.1 Å². The number of aromatic nitrogens is 2. The molecule has 5 heteroatoms. The maximum absolute atomic E-state index is 6.07. The van der Waals surface area contributed by atoms with E-state index < -0.39 is 0 Å². The fraction of sp³-hybridized carbons (Fsp3) is 0.250. The molecular weight excluding hydrogens is 238 g/mol. The normalized spacial score (nSPS) is 10.5. The topological polar surface area (TPSA) is 53.1 Å². The summed E-state index contributed by atoms with van der Waals surface area (Å²) >= 11 is 6.07. The van der Waals surface area contributed by atoms with Gasteiger partial charge in [0.15, 0.2) is 0 Å². The van der Waals surface area contributed by atoms with Gasteiger partial charge in [-0.05, 0) is 17.7 Å². The zero-order chi connectivity index (χ0) is 12.1. The molecule has 0 spiro atoms. The third-order valence-electron chi connectivity index (χ3n) is 2.40. The third kappa shape index (κ3) is 3.22. The van der Waals surface area contributed by atoms with Gasteiger partial charge in [-0.25, -0.2) is 4.98 Å². The van der Waals surface area contributed by atoms with Gasteiger partial charge < -0.3 is 15.0 Å². The number of hydrogen-bond donors (Lipinski definition) is 1. The molecule has 0 saturated heterocycles. The second-order valence-corrected chi connectivity index (χ2v) is 4.03. The zero-order valence-corrected chi connectivity index (χ0v) is 10.1. The van der Waals surface area contributed by atoms with Crippen LogP contribution in [0.3, 0.4) is 0 Å². The van der Waals surface area contributed by atoms with Crippen molar-refractivity contribution >= 4 is 11.6 Å². The van der Waals surface area contributed by atoms with E-state index in [4.69, 9.17) is 22.1 Å². The van der Waals surface area contributed by atoms with Gasteiger partial charge in [-0.3, -0.25) is 0 Å². The van der Waals surface area contributed by atoms with Crippen LogP contribution in [0, 0.1) is 0 Å². The minimum Gasteiger partial charge on any atom is -0.490 e. The molecule has 0 fully saturated rings. The maximum atomic E-state index is 6.07. The van der Waals surface area contributed by atoms with E-state index in [-0.39, 0.29) is 0 Å². The highest BCUT2D eigenvalue weighted by atomic mass is 35.5. The quantitative estimate of drug-likeness (QED) is 0.885. The molecule has 0 radical (unpaired) electrons. The predicted octanol–water partition coefficient (Wildman–Crippen LogP) is 2.07. The summed E-state index contributed by atoms with van der Waals surface area (Å²) < 4.78 is 7.53. The fourth-order valence-corrected chi connectivity index (χ4v) is 1.73. The summed E-state index contributed by atoms with van der Waals surface area (Å²) in [5.41, 5.74) is 6.52. The van der Waals surface area contributed by atoms with Crippen molar-refractivity contribution in [2.75, 3.05) is 6.61 Å². The first-order valence-electron chi connectivity index (χ1n) is 5.36. The Kier molecular flexibility index (Phi) is 4.01. The Balaban J connectivity index is 1.90. The van der Waals surface area contributed by atoms with E-state index in [9.17, 15) is 0 Å². The largest absolute Gasteiger partial charge is 0.490 e. The molecule has 2 N–H and O–H groups in total.